The second kappa shape index (κ2) is 2.94. The molecule has 0 radical (unpaired) electrons. The third-order valence-corrected chi connectivity index (χ3v) is 1.91. The van der Waals surface area contributed by atoms with Crippen LogP contribution in [0.2, 0.25) is 0 Å². The van der Waals surface area contributed by atoms with E-state index in [0.29, 0.717) is 5.56 Å². The molecular formula is C9H12ClNO. The summed E-state index contributed by atoms with van der Waals surface area (Å²) >= 11 is 5.31. The van der Waals surface area contributed by atoms with E-state index in [1.807, 2.05) is 10.8 Å². The first kappa shape index (κ1) is 9.33. The highest BCUT2D eigenvalue weighted by Gasteiger charge is 2.13. The van der Waals surface area contributed by atoms with Gasteiger partial charge in [-0.05, 0) is 38.4 Å². The van der Waals surface area contributed by atoms with Crippen molar-refractivity contribution in [1.29, 1.82) is 0 Å². The molecule has 1 heterocycles. The molecule has 3 heteroatoms. The first-order valence-electron chi connectivity index (χ1n) is 3.79. The number of carbonyl (C=O) groups is 1. The van der Waals surface area contributed by atoms with Crippen LogP contribution in [-0.4, -0.2) is 9.81 Å². The summed E-state index contributed by atoms with van der Waals surface area (Å²) in [5.41, 5.74) is 0.552. The molecule has 2 nitrogen and oxygen atoms in total. The Morgan fingerprint density at radius 3 is 2.33 bits per heavy atom. The molecule has 0 atom stereocenters. The number of rotatable bonds is 1. The van der Waals surface area contributed by atoms with Gasteiger partial charge in [0, 0.05) is 17.9 Å². The van der Waals surface area contributed by atoms with E-state index in [2.05, 4.69) is 20.8 Å². The summed E-state index contributed by atoms with van der Waals surface area (Å²) in [6.07, 6.45) is 3.62. The maximum absolute atomic E-state index is 10.7. The fourth-order valence-corrected chi connectivity index (χ4v) is 1.04. The van der Waals surface area contributed by atoms with E-state index in [4.69, 9.17) is 11.6 Å². The monoisotopic (exact) mass is 185 g/mol. The predicted octanol–water partition coefficient (Wildman–Crippen LogP) is 2.62. The maximum atomic E-state index is 10.7. The highest BCUT2D eigenvalue weighted by Crippen LogP contribution is 2.16. The molecule has 0 fully saturated rings. The van der Waals surface area contributed by atoms with Crippen LogP contribution in [0.4, 0.5) is 0 Å². The summed E-state index contributed by atoms with van der Waals surface area (Å²) in [6, 6.07) is 1.72. The number of hydrogen-bond donors (Lipinski definition) is 0. The highest BCUT2D eigenvalue weighted by atomic mass is 35.5. The largest absolute Gasteiger partial charge is 0.348 e. The van der Waals surface area contributed by atoms with Gasteiger partial charge in [0.05, 0.1) is 5.56 Å². The molecule has 12 heavy (non-hydrogen) atoms. The molecule has 0 N–H and O–H groups in total. The predicted molar refractivity (Wildman–Crippen MR) is 49.6 cm³/mol. The first-order valence-corrected chi connectivity index (χ1v) is 4.17. The third kappa shape index (κ3) is 1.89. The molecule has 1 aromatic heterocycles. The summed E-state index contributed by atoms with van der Waals surface area (Å²) in [6.45, 7) is 6.19. The maximum Gasteiger partial charge on any atom is 0.253 e. The molecule has 0 aliphatic rings. The summed E-state index contributed by atoms with van der Waals surface area (Å²) in [5, 5.41) is -0.405. The molecule has 66 valence electrons. The molecule has 0 aliphatic carbocycles. The van der Waals surface area contributed by atoms with Gasteiger partial charge >= 0.3 is 0 Å². The standard InChI is InChI=1S/C9H12ClNO/c1-9(2,3)11-5-4-7(6-11)8(10)12/h4-6H,1-3H3. The van der Waals surface area contributed by atoms with Gasteiger partial charge in [-0.3, -0.25) is 4.79 Å². The second-order valence-electron chi connectivity index (χ2n) is 3.75. The lowest BCUT2D eigenvalue weighted by Gasteiger charge is -2.20. The van der Waals surface area contributed by atoms with Gasteiger partial charge in [0.15, 0.2) is 0 Å². The highest BCUT2D eigenvalue weighted by molar-refractivity contribution is 6.67. The van der Waals surface area contributed by atoms with E-state index < -0.39 is 5.24 Å². The molecule has 0 bridgehead atoms. The average molecular weight is 186 g/mol. The number of halogens is 1. The number of nitrogens with zero attached hydrogens (tertiary/aromatic N) is 1. The van der Waals surface area contributed by atoms with E-state index in [9.17, 15) is 4.79 Å². The smallest absolute Gasteiger partial charge is 0.253 e. The van der Waals surface area contributed by atoms with Gasteiger partial charge in [-0.15, -0.1) is 0 Å². The Balaban J connectivity index is 3.00. The van der Waals surface area contributed by atoms with E-state index in [1.54, 1.807) is 12.3 Å². The van der Waals surface area contributed by atoms with E-state index >= 15 is 0 Å². The van der Waals surface area contributed by atoms with Crippen molar-refractivity contribution in [2.75, 3.05) is 0 Å². The minimum absolute atomic E-state index is 0.00455. The van der Waals surface area contributed by atoms with Crippen LogP contribution in [0.1, 0.15) is 31.1 Å². The second-order valence-corrected chi connectivity index (χ2v) is 4.10. The minimum atomic E-state index is -0.405. The minimum Gasteiger partial charge on any atom is -0.348 e. The van der Waals surface area contributed by atoms with Gasteiger partial charge in [0.25, 0.3) is 5.24 Å². The molecule has 0 aliphatic heterocycles. The third-order valence-electron chi connectivity index (χ3n) is 1.69. The van der Waals surface area contributed by atoms with Crippen LogP contribution in [0.5, 0.6) is 0 Å². The van der Waals surface area contributed by atoms with Crippen LogP contribution in [0.3, 0.4) is 0 Å². The lowest BCUT2D eigenvalue weighted by Crippen LogP contribution is -2.19. The van der Waals surface area contributed by atoms with Gasteiger partial charge in [-0.2, -0.15) is 0 Å². The molecule has 0 aromatic carbocycles. The van der Waals surface area contributed by atoms with Gasteiger partial charge in [0.2, 0.25) is 0 Å². The Kier molecular flexibility index (Phi) is 2.29. The van der Waals surface area contributed by atoms with Gasteiger partial charge in [-0.1, -0.05) is 0 Å². The van der Waals surface area contributed by atoms with Crippen LogP contribution in [0.15, 0.2) is 18.5 Å². The van der Waals surface area contributed by atoms with Crippen molar-refractivity contribution in [2.45, 2.75) is 26.3 Å². The van der Waals surface area contributed by atoms with Crippen molar-refractivity contribution in [3.05, 3.63) is 24.0 Å². The Hall–Kier alpha value is -0.760. The molecule has 0 spiro atoms. The van der Waals surface area contributed by atoms with Crippen LogP contribution in [0.25, 0.3) is 0 Å². The van der Waals surface area contributed by atoms with E-state index in [1.165, 1.54) is 0 Å². The van der Waals surface area contributed by atoms with E-state index in [0.717, 1.165) is 0 Å². The van der Waals surface area contributed by atoms with Gasteiger partial charge in [0.1, 0.15) is 0 Å². The average Bonchev–Trinajstić information content (AvgIpc) is 2.30. The number of carbonyl (C=O) groups excluding carboxylic acids is 1. The van der Waals surface area contributed by atoms with Crippen molar-refractivity contribution in [3.8, 4) is 0 Å². The normalized spacial score (nSPS) is 11.7. The lowest BCUT2D eigenvalue weighted by molar-refractivity contribution is 0.108. The van der Waals surface area contributed by atoms with Crippen LogP contribution in [0, 0.1) is 0 Å². The zero-order chi connectivity index (χ0) is 9.35. The van der Waals surface area contributed by atoms with Crippen molar-refractivity contribution in [1.82, 2.24) is 4.57 Å². The SMILES string of the molecule is CC(C)(C)n1ccc(C(=O)Cl)c1. The first-order chi connectivity index (χ1) is 5.41. The molecule has 0 saturated heterocycles. The summed E-state index contributed by atoms with van der Waals surface area (Å²) in [4.78, 5) is 10.7. The lowest BCUT2D eigenvalue weighted by atomic mass is 10.1. The van der Waals surface area contributed by atoms with Crippen molar-refractivity contribution in [2.24, 2.45) is 0 Å². The summed E-state index contributed by atoms with van der Waals surface area (Å²) < 4.78 is 1.96. The van der Waals surface area contributed by atoms with Gasteiger partial charge in [-0.25, -0.2) is 0 Å². The van der Waals surface area contributed by atoms with Crippen molar-refractivity contribution < 1.29 is 4.79 Å². The molecule has 0 saturated carbocycles. The topological polar surface area (TPSA) is 22.0 Å². The molecule has 1 rings (SSSR count). The quantitative estimate of drug-likeness (QED) is 0.617. The van der Waals surface area contributed by atoms with Gasteiger partial charge < -0.3 is 4.57 Å². The van der Waals surface area contributed by atoms with E-state index in [-0.39, 0.29) is 5.54 Å². The van der Waals surface area contributed by atoms with Crippen molar-refractivity contribution in [3.63, 3.8) is 0 Å². The molecule has 1 aromatic rings. The Labute approximate surface area is 77.1 Å². The van der Waals surface area contributed by atoms with Crippen molar-refractivity contribution >= 4 is 16.8 Å². The zero-order valence-electron chi connectivity index (χ0n) is 7.47. The van der Waals surface area contributed by atoms with Crippen LogP contribution >= 0.6 is 11.6 Å². The fraction of sp³-hybridized carbons (Fsp3) is 0.444. The molecular weight excluding hydrogens is 174 g/mol. The Morgan fingerprint density at radius 1 is 1.50 bits per heavy atom. The van der Waals surface area contributed by atoms with Crippen LogP contribution < -0.4 is 0 Å². The molecule has 0 unspecified atom stereocenters. The molecule has 0 amide bonds. The number of hydrogen-bond acceptors (Lipinski definition) is 1. The Bertz CT molecular complexity index is 296. The fourth-order valence-electron chi connectivity index (χ4n) is 0.930. The Morgan fingerprint density at radius 2 is 2.08 bits per heavy atom. The summed E-state index contributed by atoms with van der Waals surface area (Å²) in [7, 11) is 0. The van der Waals surface area contributed by atoms with Crippen LogP contribution in [-0.2, 0) is 5.54 Å². The summed E-state index contributed by atoms with van der Waals surface area (Å²) in [5.74, 6) is 0. The zero-order valence-corrected chi connectivity index (χ0v) is 8.22. The number of aromatic nitrogens is 1.